The summed E-state index contributed by atoms with van der Waals surface area (Å²) in [4.78, 5) is 29.4. The minimum Gasteiger partial charge on any atom is -0.451 e. The van der Waals surface area contributed by atoms with Gasteiger partial charge in [-0.15, -0.1) is 12.4 Å². The lowest BCUT2D eigenvalue weighted by Gasteiger charge is -2.32. The van der Waals surface area contributed by atoms with Gasteiger partial charge < -0.3 is 60.3 Å². The molecule has 0 amide bonds. The number of aliphatic hydroxyl groups is 5. The number of fused-ring (bicyclic) bond motifs is 2. The number of nitrogens with zero attached hydrogens (tertiary/aromatic N) is 6. The second kappa shape index (κ2) is 22.9. The van der Waals surface area contributed by atoms with E-state index in [1.165, 1.54) is 38.6 Å². The number of rotatable bonds is 8. The first-order valence-corrected chi connectivity index (χ1v) is 21.0. The molecule has 9 rings (SSSR count). The van der Waals surface area contributed by atoms with Crippen LogP contribution < -0.4 is 11.5 Å². The van der Waals surface area contributed by atoms with Gasteiger partial charge >= 0.3 is 5.97 Å². The number of hydrogen-bond acceptors (Lipinski definition) is 15. The Kier molecular flexibility index (Phi) is 19.4. The van der Waals surface area contributed by atoms with Gasteiger partial charge in [0.2, 0.25) is 0 Å². The van der Waals surface area contributed by atoms with Crippen LogP contribution in [0.3, 0.4) is 0 Å². The van der Waals surface area contributed by atoms with Crippen LogP contribution in [0.25, 0.3) is 22.1 Å². The third-order valence-electron chi connectivity index (χ3n) is 11.5. The zero-order valence-corrected chi connectivity index (χ0v) is 37.9. The van der Waals surface area contributed by atoms with Crippen LogP contribution >= 0.6 is 58.8 Å². The van der Waals surface area contributed by atoms with Crippen LogP contribution in [-0.4, -0.2) is 96.2 Å². The third kappa shape index (κ3) is 10.9. The van der Waals surface area contributed by atoms with E-state index in [0.717, 1.165) is 0 Å². The van der Waals surface area contributed by atoms with E-state index >= 15 is 0 Å². The number of nitrogens with two attached hydrogens (primary N) is 2. The number of halogens is 5. The van der Waals surface area contributed by atoms with E-state index in [9.17, 15) is 30.3 Å². The number of benzene rings is 3. The lowest BCUT2D eigenvalue weighted by Crippen LogP contribution is -2.47. The van der Waals surface area contributed by atoms with Crippen molar-refractivity contribution in [2.75, 3.05) is 11.5 Å². The Morgan fingerprint density at radius 2 is 1.10 bits per heavy atom. The van der Waals surface area contributed by atoms with Crippen LogP contribution in [0.15, 0.2) is 104 Å². The Labute approximate surface area is 425 Å². The van der Waals surface area contributed by atoms with Gasteiger partial charge in [-0.25, -0.2) is 24.7 Å². The van der Waals surface area contributed by atoms with Crippen molar-refractivity contribution in [1.82, 2.24) is 29.1 Å². The van der Waals surface area contributed by atoms with Gasteiger partial charge in [0.1, 0.15) is 77.3 Å². The number of aromatic nitrogens is 6. The van der Waals surface area contributed by atoms with Crippen molar-refractivity contribution in [3.8, 4) is 0 Å². The van der Waals surface area contributed by atoms with E-state index in [-0.39, 0.29) is 63.8 Å². The molecule has 2 saturated heterocycles. The van der Waals surface area contributed by atoms with E-state index in [0.29, 0.717) is 48.8 Å². The molecule has 4 aromatic heterocycles. The van der Waals surface area contributed by atoms with Crippen LogP contribution in [0.5, 0.6) is 0 Å². The van der Waals surface area contributed by atoms with Gasteiger partial charge in [-0.05, 0) is 73.5 Å². The van der Waals surface area contributed by atoms with Crippen molar-refractivity contribution in [2.45, 2.75) is 104 Å². The topological polar surface area (TPSA) is 259 Å². The highest BCUT2D eigenvalue weighted by Gasteiger charge is 2.58. The van der Waals surface area contributed by atoms with Gasteiger partial charge in [0.25, 0.3) is 0 Å². The van der Waals surface area contributed by atoms with Crippen molar-refractivity contribution >= 4 is 98.5 Å². The Morgan fingerprint density at radius 3 is 1.58 bits per heavy atom. The number of nitrogen functional groups attached to an aromatic ring is 2. The first-order chi connectivity index (χ1) is 30.4. The molecule has 2 aliphatic heterocycles. The highest BCUT2D eigenvalue weighted by Crippen LogP contribution is 2.47. The van der Waals surface area contributed by atoms with E-state index in [1.54, 1.807) is 88.3 Å². The predicted molar refractivity (Wildman–Crippen MR) is 272 cm³/mol. The highest BCUT2D eigenvalue weighted by atomic mass is 35.5. The van der Waals surface area contributed by atoms with Crippen molar-refractivity contribution in [1.29, 1.82) is 0 Å². The quantitative estimate of drug-likeness (QED) is 0.0701. The molecule has 0 spiro atoms. The maximum absolute atomic E-state index is 13.0. The van der Waals surface area contributed by atoms with Crippen LogP contribution in [0.4, 0.5) is 11.6 Å². The number of ether oxygens (including phenoxy) is 3. The normalized spacial score (nSPS) is 24.5. The van der Waals surface area contributed by atoms with Crippen LogP contribution in [0.2, 0.25) is 20.1 Å². The zero-order valence-electron chi connectivity index (χ0n) is 34.1. The molecule has 0 bridgehead atoms. The summed E-state index contributed by atoms with van der Waals surface area (Å²) in [5, 5.41) is 57.4. The monoisotopic (exact) mass is 1050 g/mol. The molecule has 9 N–H and O–H groups in total. The highest BCUT2D eigenvalue weighted by molar-refractivity contribution is 6.42. The first-order valence-electron chi connectivity index (χ1n) is 19.5. The second-order valence-corrected chi connectivity index (χ2v) is 17.3. The summed E-state index contributed by atoms with van der Waals surface area (Å²) in [5.74, 6) is -0.0913. The number of hydrogen-bond donors (Lipinski definition) is 7. The van der Waals surface area contributed by atoms with Crippen molar-refractivity contribution in [3.63, 3.8) is 0 Å². The molecule has 10 atom stereocenters. The fourth-order valence-corrected chi connectivity index (χ4v) is 8.47. The van der Waals surface area contributed by atoms with Crippen molar-refractivity contribution < 1.29 is 44.5 Å². The Balaban J connectivity index is 0.000000349. The maximum Gasteiger partial charge on any atom is 0.338 e. The molecule has 374 valence electrons. The SMILES string of the molecule is C.C.C.C.C[C@@]1(O)[C@@H]([C@H](O)c2ccc(Cl)c(Cl)c2)O[C@@H](n2ccc3c(N)ncnc32)[C@@H]1O.C[C@@]1(O)[C@@H]([C@H](OC(=O)c2ccccc2)c2ccc(Cl)c(Cl)c2)O[C@@H](n2ccc3c(N)ncnc32)[C@@H]1O.Cl. The van der Waals surface area contributed by atoms with E-state index in [2.05, 4.69) is 19.9 Å². The Morgan fingerprint density at radius 1 is 0.667 bits per heavy atom. The fraction of sp³-hybridized carbons (Fsp3) is 0.340. The summed E-state index contributed by atoms with van der Waals surface area (Å²) in [6.45, 7) is 2.82. The summed E-state index contributed by atoms with van der Waals surface area (Å²) >= 11 is 24.3. The van der Waals surface area contributed by atoms with Gasteiger partial charge in [0, 0.05) is 12.4 Å². The molecular formula is C47H57Cl5N8O9. The summed E-state index contributed by atoms with van der Waals surface area (Å²) in [7, 11) is 0. The van der Waals surface area contributed by atoms with Gasteiger partial charge in [-0.2, -0.15) is 0 Å². The second-order valence-electron chi connectivity index (χ2n) is 15.7. The molecule has 2 aliphatic rings. The van der Waals surface area contributed by atoms with Crippen LogP contribution in [0, 0.1) is 0 Å². The standard InChI is InChI=1S/C25H22Cl2N4O5.C18H18Cl2N4O4.4CH4.ClH/c1-25(34)19(32)23(31-10-9-15-21(28)29-12-30-22(15)31)36-20(25)18(14-7-8-16(26)17(27)11-14)35-24(33)13-5-3-2-4-6-13;1-18(27)13(26)17(24-5-4-9-15(21)22-7-23-16(9)24)28-14(18)12(25)8-2-3-10(19)11(20)6-8;;;;;/h2-12,18-20,23,32,34H,1H3,(H2,28,29,30);2-7,12-14,17,25-27H,1H3,(H2,21,22,23);4*1H4;1H/t18-,19+,20-,23-,25+;12-,13+,14-,17-,18+;;;;;/m11...../s1. The van der Waals surface area contributed by atoms with Gasteiger partial charge in [0.15, 0.2) is 18.6 Å². The van der Waals surface area contributed by atoms with E-state index in [4.69, 9.17) is 72.1 Å². The molecule has 22 heteroatoms. The molecule has 69 heavy (non-hydrogen) atoms. The number of esters is 1. The third-order valence-corrected chi connectivity index (χ3v) is 12.9. The molecule has 7 aromatic rings. The van der Waals surface area contributed by atoms with E-state index in [1.807, 2.05) is 0 Å². The molecular weight excluding hydrogens is 998 g/mol. The average molecular weight is 1060 g/mol. The Hall–Kier alpha value is -4.86. The lowest BCUT2D eigenvalue weighted by atomic mass is 9.88. The zero-order chi connectivity index (χ0) is 45.8. The van der Waals surface area contributed by atoms with E-state index < -0.39 is 66.3 Å². The summed E-state index contributed by atoms with van der Waals surface area (Å²) in [6, 6.07) is 21.1. The van der Waals surface area contributed by atoms with Crippen LogP contribution in [-0.2, 0) is 14.2 Å². The molecule has 17 nitrogen and oxygen atoms in total. The van der Waals surface area contributed by atoms with Gasteiger partial charge in [-0.3, -0.25) is 0 Å². The van der Waals surface area contributed by atoms with Crippen LogP contribution in [0.1, 0.15) is 89.7 Å². The molecule has 2 fully saturated rings. The molecule has 0 unspecified atom stereocenters. The van der Waals surface area contributed by atoms with Crippen molar-refractivity contribution in [2.24, 2.45) is 0 Å². The largest absolute Gasteiger partial charge is 0.451 e. The lowest BCUT2D eigenvalue weighted by molar-refractivity contribution is -0.119. The summed E-state index contributed by atoms with van der Waals surface area (Å²) < 4.78 is 21.1. The summed E-state index contributed by atoms with van der Waals surface area (Å²) in [5.41, 5.74) is 10.2. The fourth-order valence-electron chi connectivity index (χ4n) is 7.86. The number of carbonyl (C=O) groups is 1. The number of anilines is 2. The molecule has 6 heterocycles. The maximum atomic E-state index is 13.0. The first kappa shape index (κ1) is 58.5. The molecule has 0 saturated carbocycles. The minimum atomic E-state index is -1.85. The summed E-state index contributed by atoms with van der Waals surface area (Å²) in [6.07, 6.45) is -3.71. The predicted octanol–water partition coefficient (Wildman–Crippen LogP) is 8.96. The smallest absolute Gasteiger partial charge is 0.338 e. The minimum absolute atomic E-state index is 0. The van der Waals surface area contributed by atoms with Gasteiger partial charge in [-0.1, -0.05) is 106 Å². The van der Waals surface area contributed by atoms with Crippen molar-refractivity contribution in [3.05, 3.63) is 141 Å². The number of aliphatic hydroxyl groups excluding tert-OH is 3. The molecule has 0 radical (unpaired) electrons. The number of carbonyl (C=O) groups excluding carboxylic acids is 1. The van der Waals surface area contributed by atoms with Gasteiger partial charge in [0.05, 0.1) is 36.4 Å². The Bertz CT molecular complexity index is 2850. The molecule has 3 aromatic carbocycles. The molecule has 0 aliphatic carbocycles. The average Bonchev–Trinajstić information content (AvgIpc) is 4.02.